The maximum absolute atomic E-state index is 12.3. The lowest BCUT2D eigenvalue weighted by Gasteiger charge is -1.99. The average Bonchev–Trinajstić information content (AvgIpc) is 2.85. The molecule has 2 N–H and O–H groups in total. The van der Waals surface area contributed by atoms with Crippen LogP contribution in [0.1, 0.15) is 16.2 Å². The molecule has 9 heteroatoms. The summed E-state index contributed by atoms with van der Waals surface area (Å²) in [6.45, 7) is 0. The number of alkyl halides is 3. The summed E-state index contributed by atoms with van der Waals surface area (Å²) in [5, 5.41) is 15.2. The first-order valence-corrected chi connectivity index (χ1v) is 5.07. The van der Waals surface area contributed by atoms with E-state index in [4.69, 9.17) is 5.11 Å². The molecule has 0 amide bonds. The van der Waals surface area contributed by atoms with Gasteiger partial charge in [-0.15, -0.1) is 11.3 Å². The molecule has 2 heterocycles. The van der Waals surface area contributed by atoms with Crippen LogP contribution in [0.2, 0.25) is 0 Å². The normalized spacial score (nSPS) is 11.7. The molecule has 0 aliphatic heterocycles. The molecule has 0 saturated carbocycles. The highest BCUT2D eigenvalue weighted by atomic mass is 32.1. The Morgan fingerprint density at radius 2 is 2.18 bits per heavy atom. The number of H-pyrrole nitrogens is 1. The number of halogens is 3. The van der Waals surface area contributed by atoms with E-state index in [2.05, 4.69) is 15.2 Å². The van der Waals surface area contributed by atoms with Crippen LogP contribution in [0.3, 0.4) is 0 Å². The summed E-state index contributed by atoms with van der Waals surface area (Å²) >= 11 is 0.711. The fraction of sp³-hybridized carbons (Fsp3) is 0.125. The van der Waals surface area contributed by atoms with E-state index in [-0.39, 0.29) is 16.3 Å². The third-order valence-corrected chi connectivity index (χ3v) is 2.75. The number of rotatable bonds is 2. The molecule has 2 aromatic rings. The summed E-state index contributed by atoms with van der Waals surface area (Å²) in [6.07, 6.45) is -3.41. The van der Waals surface area contributed by atoms with Gasteiger partial charge in [-0.1, -0.05) is 0 Å². The van der Waals surface area contributed by atoms with E-state index in [1.807, 2.05) is 0 Å². The molecule has 0 bridgehead atoms. The van der Waals surface area contributed by atoms with Gasteiger partial charge in [-0.25, -0.2) is 9.78 Å². The summed E-state index contributed by atoms with van der Waals surface area (Å²) in [5.74, 6) is -1.30. The van der Waals surface area contributed by atoms with Crippen molar-refractivity contribution in [2.24, 2.45) is 0 Å². The van der Waals surface area contributed by atoms with E-state index in [1.165, 1.54) is 0 Å². The number of aromatic carboxylic acids is 1. The number of carboxylic acid groups (broad SMARTS) is 1. The van der Waals surface area contributed by atoms with Gasteiger partial charge in [0.2, 0.25) is 0 Å². The van der Waals surface area contributed by atoms with Crippen LogP contribution in [-0.4, -0.2) is 26.3 Å². The number of aromatic nitrogens is 3. The quantitative estimate of drug-likeness (QED) is 0.870. The maximum atomic E-state index is 12.3. The number of aromatic amines is 1. The van der Waals surface area contributed by atoms with Crippen molar-refractivity contribution in [2.45, 2.75) is 6.18 Å². The number of hydrogen-bond donors (Lipinski definition) is 2. The Labute approximate surface area is 95.9 Å². The van der Waals surface area contributed by atoms with Crippen LogP contribution in [0.5, 0.6) is 0 Å². The van der Waals surface area contributed by atoms with E-state index < -0.39 is 17.8 Å². The number of nitrogens with one attached hydrogen (secondary N) is 1. The van der Waals surface area contributed by atoms with Gasteiger partial charge in [0.25, 0.3) is 0 Å². The summed E-state index contributed by atoms with van der Waals surface area (Å²) in [5.41, 5.74) is -1.29. The van der Waals surface area contributed by atoms with E-state index in [0.29, 0.717) is 11.3 Å². The lowest BCUT2D eigenvalue weighted by Crippen LogP contribution is -2.05. The van der Waals surface area contributed by atoms with Crippen molar-refractivity contribution in [3.05, 3.63) is 23.0 Å². The number of carboxylic acids is 1. The molecule has 90 valence electrons. The Morgan fingerprint density at radius 3 is 2.71 bits per heavy atom. The number of carbonyl (C=O) groups is 1. The molecule has 0 saturated heterocycles. The average molecular weight is 263 g/mol. The van der Waals surface area contributed by atoms with Crippen molar-refractivity contribution in [3.8, 4) is 10.6 Å². The monoisotopic (exact) mass is 263 g/mol. The number of nitrogens with zero attached hydrogens (tertiary/aromatic N) is 2. The molecular weight excluding hydrogens is 259 g/mol. The van der Waals surface area contributed by atoms with Crippen LogP contribution in [0.25, 0.3) is 10.6 Å². The highest BCUT2D eigenvalue weighted by Gasteiger charge is 2.34. The van der Waals surface area contributed by atoms with Crippen molar-refractivity contribution in [2.75, 3.05) is 0 Å². The first-order chi connectivity index (χ1) is 7.89. The predicted molar refractivity (Wildman–Crippen MR) is 51.7 cm³/mol. The fourth-order valence-electron chi connectivity index (χ4n) is 1.14. The third-order valence-electron chi connectivity index (χ3n) is 1.88. The van der Waals surface area contributed by atoms with Crippen LogP contribution < -0.4 is 0 Å². The van der Waals surface area contributed by atoms with Gasteiger partial charge >= 0.3 is 12.1 Å². The highest BCUT2D eigenvalue weighted by molar-refractivity contribution is 7.13. The van der Waals surface area contributed by atoms with E-state index in [9.17, 15) is 18.0 Å². The second-order valence-electron chi connectivity index (χ2n) is 3.00. The minimum Gasteiger partial charge on any atom is -0.477 e. The minimum absolute atomic E-state index is 0.0384. The number of hydrogen-bond acceptors (Lipinski definition) is 4. The van der Waals surface area contributed by atoms with Crippen LogP contribution in [-0.2, 0) is 6.18 Å². The Bertz CT molecular complexity index is 560. The minimum atomic E-state index is -4.54. The molecule has 0 unspecified atom stereocenters. The molecule has 0 aliphatic rings. The molecule has 0 radical (unpaired) electrons. The Kier molecular flexibility index (Phi) is 2.62. The Balaban J connectivity index is 2.44. The number of thiazole rings is 1. The van der Waals surface area contributed by atoms with E-state index in [0.717, 1.165) is 11.6 Å². The first-order valence-electron chi connectivity index (χ1n) is 4.19. The molecule has 5 nitrogen and oxygen atoms in total. The predicted octanol–water partition coefficient (Wildman–Crippen LogP) is 2.25. The third kappa shape index (κ3) is 2.13. The molecular formula is C8H4F3N3O2S. The molecule has 0 spiro atoms. The van der Waals surface area contributed by atoms with Gasteiger partial charge in [-0.2, -0.15) is 18.3 Å². The zero-order valence-electron chi connectivity index (χ0n) is 7.95. The van der Waals surface area contributed by atoms with Crippen LogP contribution >= 0.6 is 11.3 Å². The fourth-order valence-corrected chi connectivity index (χ4v) is 1.98. The van der Waals surface area contributed by atoms with Crippen molar-refractivity contribution in [3.63, 3.8) is 0 Å². The topological polar surface area (TPSA) is 78.9 Å². The SMILES string of the molecule is O=C(O)c1[nH]ncc1-c1nc(C(F)(F)F)cs1. The van der Waals surface area contributed by atoms with Gasteiger partial charge < -0.3 is 5.11 Å². The van der Waals surface area contributed by atoms with Gasteiger partial charge in [0, 0.05) is 5.38 Å². The Hall–Kier alpha value is -1.90. The van der Waals surface area contributed by atoms with Gasteiger partial charge in [0.15, 0.2) is 11.4 Å². The summed E-state index contributed by atoms with van der Waals surface area (Å²) in [4.78, 5) is 14.1. The summed E-state index contributed by atoms with van der Waals surface area (Å²) in [7, 11) is 0. The first kappa shape index (κ1) is 11.6. The zero-order chi connectivity index (χ0) is 12.6. The summed E-state index contributed by atoms with van der Waals surface area (Å²) < 4.78 is 36.9. The molecule has 2 rings (SSSR count). The second kappa shape index (κ2) is 3.84. The Morgan fingerprint density at radius 1 is 1.47 bits per heavy atom. The van der Waals surface area contributed by atoms with E-state index >= 15 is 0 Å². The molecule has 0 aromatic carbocycles. The van der Waals surface area contributed by atoms with Crippen molar-refractivity contribution in [1.29, 1.82) is 0 Å². The highest BCUT2D eigenvalue weighted by Crippen LogP contribution is 2.34. The largest absolute Gasteiger partial charge is 0.477 e. The van der Waals surface area contributed by atoms with Crippen molar-refractivity contribution >= 4 is 17.3 Å². The van der Waals surface area contributed by atoms with Gasteiger partial charge in [0.1, 0.15) is 5.01 Å². The van der Waals surface area contributed by atoms with Gasteiger partial charge in [-0.05, 0) is 0 Å². The molecule has 2 aromatic heterocycles. The van der Waals surface area contributed by atoms with Crippen LogP contribution in [0.15, 0.2) is 11.6 Å². The van der Waals surface area contributed by atoms with Crippen LogP contribution in [0.4, 0.5) is 13.2 Å². The summed E-state index contributed by atoms with van der Waals surface area (Å²) in [6, 6.07) is 0. The molecule has 17 heavy (non-hydrogen) atoms. The lowest BCUT2D eigenvalue weighted by molar-refractivity contribution is -0.140. The smallest absolute Gasteiger partial charge is 0.434 e. The standard InChI is InChI=1S/C8H4F3N3O2S/c9-8(10,11)4-2-17-6(13-4)3-1-12-14-5(3)7(15)16/h1-2H,(H,12,14)(H,15,16). The molecule has 0 fully saturated rings. The zero-order valence-corrected chi connectivity index (χ0v) is 8.76. The van der Waals surface area contributed by atoms with E-state index in [1.54, 1.807) is 0 Å². The molecule has 0 aliphatic carbocycles. The maximum Gasteiger partial charge on any atom is 0.434 e. The van der Waals surface area contributed by atoms with Gasteiger partial charge in [-0.3, -0.25) is 5.10 Å². The second-order valence-corrected chi connectivity index (χ2v) is 3.86. The van der Waals surface area contributed by atoms with Crippen LogP contribution in [0, 0.1) is 0 Å². The van der Waals surface area contributed by atoms with Gasteiger partial charge in [0.05, 0.1) is 11.8 Å². The van der Waals surface area contributed by atoms with Crippen molar-refractivity contribution in [1.82, 2.24) is 15.2 Å². The molecule has 0 atom stereocenters. The lowest BCUT2D eigenvalue weighted by atomic mass is 10.2. The van der Waals surface area contributed by atoms with Crippen molar-refractivity contribution < 1.29 is 23.1 Å².